The summed E-state index contributed by atoms with van der Waals surface area (Å²) in [5.41, 5.74) is 0. The Morgan fingerprint density at radius 3 is 2.78 bits per heavy atom. The molecule has 1 aliphatic rings. The number of rotatable bonds is 1. The van der Waals surface area contributed by atoms with E-state index in [4.69, 9.17) is 6.42 Å². The zero-order valence-corrected chi connectivity index (χ0v) is 5.35. The van der Waals surface area contributed by atoms with Gasteiger partial charge in [0.2, 0.25) is 5.91 Å². The largest absolute Gasteiger partial charge is 0.341 e. The first-order valence-electron chi connectivity index (χ1n) is 3.06. The quantitative estimate of drug-likeness (QED) is 0.390. The van der Waals surface area contributed by atoms with Gasteiger partial charge in [-0.3, -0.25) is 4.79 Å². The number of amides is 1. The summed E-state index contributed by atoms with van der Waals surface area (Å²) in [5.74, 6) is 2.68. The highest BCUT2D eigenvalue weighted by Gasteiger charge is 2.35. The van der Waals surface area contributed by atoms with Crippen LogP contribution in [0.25, 0.3) is 0 Å². The van der Waals surface area contributed by atoms with Crippen LogP contribution in [0.1, 0.15) is 13.3 Å². The van der Waals surface area contributed by atoms with E-state index in [1.165, 1.54) is 0 Å². The number of hydrogen-bond acceptors (Lipinski definition) is 1. The second kappa shape index (κ2) is 2.10. The first-order valence-corrected chi connectivity index (χ1v) is 3.06. The van der Waals surface area contributed by atoms with Crippen LogP contribution in [0.4, 0.5) is 0 Å². The van der Waals surface area contributed by atoms with Crippen LogP contribution in [0.15, 0.2) is 0 Å². The van der Waals surface area contributed by atoms with Crippen LogP contribution in [-0.4, -0.2) is 11.9 Å². The van der Waals surface area contributed by atoms with E-state index < -0.39 is 0 Å². The van der Waals surface area contributed by atoms with Gasteiger partial charge in [-0.1, -0.05) is 12.8 Å². The Balaban J connectivity index is 2.50. The molecule has 1 saturated heterocycles. The summed E-state index contributed by atoms with van der Waals surface area (Å²) in [4.78, 5) is 10.6. The molecule has 1 fully saturated rings. The summed E-state index contributed by atoms with van der Waals surface area (Å²) >= 11 is 0. The molecule has 2 atom stereocenters. The molecule has 0 unspecified atom stereocenters. The Morgan fingerprint density at radius 2 is 2.56 bits per heavy atom. The molecule has 0 bridgehead atoms. The molecule has 2 heteroatoms. The molecule has 1 amide bonds. The van der Waals surface area contributed by atoms with Gasteiger partial charge in [0.1, 0.15) is 6.04 Å². The maximum atomic E-state index is 10.6. The van der Waals surface area contributed by atoms with E-state index in [2.05, 4.69) is 11.2 Å². The normalized spacial score (nSPS) is 32.2. The van der Waals surface area contributed by atoms with Crippen molar-refractivity contribution in [3.05, 3.63) is 0 Å². The van der Waals surface area contributed by atoms with Crippen LogP contribution >= 0.6 is 0 Å². The lowest BCUT2D eigenvalue weighted by Crippen LogP contribution is -2.56. The molecule has 1 aliphatic heterocycles. The fourth-order valence-electron chi connectivity index (χ4n) is 0.995. The van der Waals surface area contributed by atoms with Gasteiger partial charge in [0.15, 0.2) is 0 Å². The second-order valence-electron chi connectivity index (χ2n) is 2.17. The van der Waals surface area contributed by atoms with E-state index in [9.17, 15) is 4.79 Å². The summed E-state index contributed by atoms with van der Waals surface area (Å²) < 4.78 is 0. The standard InChI is InChI=1S/C7H9NO/c1-3-5-6(4-2)8-7(5)9/h2,5-6H,3H2,1H3,(H,8,9)/t5-,6-/m0/s1. The fraction of sp³-hybridized carbons (Fsp3) is 0.571. The molecule has 0 aromatic carbocycles. The second-order valence-corrected chi connectivity index (χ2v) is 2.17. The fourth-order valence-corrected chi connectivity index (χ4v) is 0.995. The predicted molar refractivity (Wildman–Crippen MR) is 34.5 cm³/mol. The maximum absolute atomic E-state index is 10.6. The number of carbonyl (C=O) groups is 1. The summed E-state index contributed by atoms with van der Waals surface area (Å²) in [5, 5.41) is 2.62. The van der Waals surface area contributed by atoms with Crippen molar-refractivity contribution < 1.29 is 4.79 Å². The van der Waals surface area contributed by atoms with Crippen LogP contribution in [0.3, 0.4) is 0 Å². The van der Waals surface area contributed by atoms with Gasteiger partial charge in [-0.2, -0.15) is 0 Å². The van der Waals surface area contributed by atoms with Crippen LogP contribution in [-0.2, 0) is 4.79 Å². The third-order valence-electron chi connectivity index (χ3n) is 1.66. The summed E-state index contributed by atoms with van der Waals surface area (Å²) in [6.45, 7) is 1.97. The molecular formula is C7H9NO. The average Bonchev–Trinajstić information content (AvgIpc) is 1.83. The van der Waals surface area contributed by atoms with Gasteiger partial charge in [-0.05, 0) is 6.42 Å². The zero-order valence-electron chi connectivity index (χ0n) is 5.35. The van der Waals surface area contributed by atoms with E-state index in [-0.39, 0.29) is 17.9 Å². The highest BCUT2D eigenvalue weighted by Crippen LogP contribution is 2.16. The molecule has 0 spiro atoms. The van der Waals surface area contributed by atoms with Crippen LogP contribution in [0, 0.1) is 18.3 Å². The summed E-state index contributed by atoms with van der Waals surface area (Å²) in [6.07, 6.45) is 5.95. The van der Waals surface area contributed by atoms with Crippen molar-refractivity contribution in [3.63, 3.8) is 0 Å². The third kappa shape index (κ3) is 0.787. The molecule has 9 heavy (non-hydrogen) atoms. The van der Waals surface area contributed by atoms with Crippen molar-refractivity contribution in [2.45, 2.75) is 19.4 Å². The first kappa shape index (κ1) is 6.15. The number of β-lactam (4-membered cyclic amide) rings is 1. The van der Waals surface area contributed by atoms with Gasteiger partial charge in [-0.25, -0.2) is 0 Å². The van der Waals surface area contributed by atoms with Crippen molar-refractivity contribution in [3.8, 4) is 12.3 Å². The lowest BCUT2D eigenvalue weighted by atomic mass is 9.89. The molecule has 1 heterocycles. The first-order chi connectivity index (χ1) is 4.29. The topological polar surface area (TPSA) is 29.1 Å². The smallest absolute Gasteiger partial charge is 0.227 e. The van der Waals surface area contributed by atoms with Gasteiger partial charge >= 0.3 is 0 Å². The molecule has 1 rings (SSSR count). The highest BCUT2D eigenvalue weighted by molar-refractivity contribution is 5.86. The molecule has 1 N–H and O–H groups in total. The molecular weight excluding hydrogens is 114 g/mol. The minimum absolute atomic E-state index is 0.00231. The molecule has 2 nitrogen and oxygen atoms in total. The molecule has 0 radical (unpaired) electrons. The monoisotopic (exact) mass is 123 g/mol. The van der Waals surface area contributed by atoms with E-state index in [0.29, 0.717) is 0 Å². The third-order valence-corrected chi connectivity index (χ3v) is 1.66. The van der Waals surface area contributed by atoms with Crippen molar-refractivity contribution in [1.29, 1.82) is 0 Å². The van der Waals surface area contributed by atoms with Crippen molar-refractivity contribution >= 4 is 5.91 Å². The zero-order chi connectivity index (χ0) is 6.85. The lowest BCUT2D eigenvalue weighted by Gasteiger charge is -2.31. The molecule has 48 valence electrons. The predicted octanol–water partition coefficient (Wildman–Crippen LogP) is 0.144. The van der Waals surface area contributed by atoms with Crippen LogP contribution in [0.5, 0.6) is 0 Å². The van der Waals surface area contributed by atoms with Gasteiger partial charge < -0.3 is 5.32 Å². The Hall–Kier alpha value is -0.970. The Bertz CT molecular complexity index is 168. The number of nitrogens with one attached hydrogen (secondary N) is 1. The van der Waals surface area contributed by atoms with Crippen molar-refractivity contribution in [1.82, 2.24) is 5.32 Å². The van der Waals surface area contributed by atoms with E-state index in [1.807, 2.05) is 6.92 Å². The van der Waals surface area contributed by atoms with Crippen molar-refractivity contribution in [2.24, 2.45) is 5.92 Å². The van der Waals surface area contributed by atoms with E-state index in [1.54, 1.807) is 0 Å². The Kier molecular flexibility index (Phi) is 1.44. The number of terminal acetylenes is 1. The van der Waals surface area contributed by atoms with Crippen LogP contribution in [0.2, 0.25) is 0 Å². The van der Waals surface area contributed by atoms with Gasteiger partial charge in [0.25, 0.3) is 0 Å². The van der Waals surface area contributed by atoms with Crippen molar-refractivity contribution in [2.75, 3.05) is 0 Å². The van der Waals surface area contributed by atoms with Gasteiger partial charge in [-0.15, -0.1) is 6.42 Å². The van der Waals surface area contributed by atoms with Gasteiger partial charge in [0, 0.05) is 0 Å². The Labute approximate surface area is 54.6 Å². The number of carbonyl (C=O) groups excluding carboxylic acids is 1. The summed E-state index contributed by atoms with van der Waals surface area (Å²) in [6, 6.07) is 0.00231. The van der Waals surface area contributed by atoms with E-state index in [0.717, 1.165) is 6.42 Å². The highest BCUT2D eigenvalue weighted by atomic mass is 16.2. The maximum Gasteiger partial charge on any atom is 0.227 e. The molecule has 0 aromatic heterocycles. The van der Waals surface area contributed by atoms with E-state index >= 15 is 0 Å². The minimum Gasteiger partial charge on any atom is -0.341 e. The average molecular weight is 123 g/mol. The number of hydrogen-bond donors (Lipinski definition) is 1. The Morgan fingerprint density at radius 1 is 1.89 bits per heavy atom. The lowest BCUT2D eigenvalue weighted by molar-refractivity contribution is -0.133. The minimum atomic E-state index is 0.00231. The van der Waals surface area contributed by atoms with Gasteiger partial charge in [0.05, 0.1) is 5.92 Å². The molecule has 0 aliphatic carbocycles. The molecule has 0 saturated carbocycles. The van der Waals surface area contributed by atoms with Crippen LogP contribution < -0.4 is 5.32 Å². The molecule has 0 aromatic rings. The summed E-state index contributed by atoms with van der Waals surface area (Å²) in [7, 11) is 0. The SMILES string of the molecule is C#C[C@@H]1NC(=O)[C@H]1CC.